The molecule has 2 fully saturated rings. The topological polar surface area (TPSA) is 49.6 Å². The van der Waals surface area contributed by atoms with Gasteiger partial charge < -0.3 is 15.5 Å². The van der Waals surface area contributed by atoms with Crippen molar-refractivity contribution in [2.75, 3.05) is 26.2 Å². The molecule has 2 aliphatic heterocycles. The zero-order chi connectivity index (χ0) is 13.3. The lowest BCUT2D eigenvalue weighted by molar-refractivity contribution is 0.0814. The van der Waals surface area contributed by atoms with Crippen LogP contribution in [-0.4, -0.2) is 48.1 Å². The number of likely N-dealkylation sites (tertiary alicyclic amines) is 2. The molecular formula is C14H28ClN3O. The molecule has 5 heteroatoms. The number of amides is 2. The quantitative estimate of drug-likeness (QED) is 0.744. The largest absolute Gasteiger partial charge is 0.327 e. The Kier molecular flexibility index (Phi) is 5.51. The van der Waals surface area contributed by atoms with Gasteiger partial charge in [0.15, 0.2) is 0 Å². The Morgan fingerprint density at radius 1 is 1.11 bits per heavy atom. The lowest BCUT2D eigenvalue weighted by atomic mass is 9.80. The van der Waals surface area contributed by atoms with Crippen LogP contribution in [0, 0.1) is 11.3 Å². The van der Waals surface area contributed by atoms with Crippen LogP contribution in [0.25, 0.3) is 0 Å². The van der Waals surface area contributed by atoms with Gasteiger partial charge in [-0.3, -0.25) is 0 Å². The fraction of sp³-hybridized carbons (Fsp3) is 0.929. The summed E-state index contributed by atoms with van der Waals surface area (Å²) < 4.78 is 0. The van der Waals surface area contributed by atoms with Crippen LogP contribution in [0.2, 0.25) is 0 Å². The van der Waals surface area contributed by atoms with Gasteiger partial charge in [0.05, 0.1) is 0 Å². The van der Waals surface area contributed by atoms with E-state index in [1.165, 1.54) is 0 Å². The summed E-state index contributed by atoms with van der Waals surface area (Å²) in [5.74, 6) is 0.764. The fourth-order valence-electron chi connectivity index (χ4n) is 2.94. The number of carbonyl (C=O) groups is 1. The van der Waals surface area contributed by atoms with Crippen molar-refractivity contribution in [3.8, 4) is 0 Å². The molecule has 1 unspecified atom stereocenters. The molecule has 2 saturated heterocycles. The van der Waals surface area contributed by atoms with E-state index in [0.29, 0.717) is 0 Å². The average molecular weight is 290 g/mol. The van der Waals surface area contributed by atoms with Crippen molar-refractivity contribution in [3.63, 3.8) is 0 Å². The van der Waals surface area contributed by atoms with Crippen LogP contribution in [0.1, 0.15) is 40.0 Å². The Labute approximate surface area is 123 Å². The Hall–Kier alpha value is -0.480. The summed E-state index contributed by atoms with van der Waals surface area (Å²) in [7, 11) is 0. The molecule has 2 aliphatic rings. The van der Waals surface area contributed by atoms with E-state index in [1.54, 1.807) is 0 Å². The van der Waals surface area contributed by atoms with E-state index >= 15 is 0 Å². The van der Waals surface area contributed by atoms with Gasteiger partial charge in [-0.1, -0.05) is 20.8 Å². The second-order valence-electron chi connectivity index (χ2n) is 6.76. The smallest absolute Gasteiger partial charge is 0.320 e. The lowest BCUT2D eigenvalue weighted by Gasteiger charge is -2.44. The summed E-state index contributed by atoms with van der Waals surface area (Å²) in [6.07, 6.45) is 3.20. The second kappa shape index (κ2) is 6.31. The third kappa shape index (κ3) is 3.76. The number of rotatable bonds is 0. The van der Waals surface area contributed by atoms with Gasteiger partial charge in [0.25, 0.3) is 0 Å². The van der Waals surface area contributed by atoms with Crippen molar-refractivity contribution in [2.24, 2.45) is 17.1 Å². The highest BCUT2D eigenvalue weighted by Crippen LogP contribution is 2.29. The highest BCUT2D eigenvalue weighted by molar-refractivity contribution is 5.85. The van der Waals surface area contributed by atoms with Crippen molar-refractivity contribution < 1.29 is 4.79 Å². The van der Waals surface area contributed by atoms with Crippen LogP contribution in [-0.2, 0) is 0 Å². The second-order valence-corrected chi connectivity index (χ2v) is 6.76. The van der Waals surface area contributed by atoms with Crippen LogP contribution in [0.4, 0.5) is 4.79 Å². The Balaban J connectivity index is 0.00000180. The summed E-state index contributed by atoms with van der Waals surface area (Å²) in [5.41, 5.74) is 6.16. The number of hydrogen-bond donors (Lipinski definition) is 1. The van der Waals surface area contributed by atoms with Crippen LogP contribution >= 0.6 is 12.4 Å². The summed E-state index contributed by atoms with van der Waals surface area (Å²) in [4.78, 5) is 16.5. The van der Waals surface area contributed by atoms with E-state index in [-0.39, 0.29) is 29.9 Å². The van der Waals surface area contributed by atoms with E-state index in [1.807, 2.05) is 9.80 Å². The molecule has 1 atom stereocenters. The summed E-state index contributed by atoms with van der Waals surface area (Å²) in [5, 5.41) is 0. The van der Waals surface area contributed by atoms with Crippen LogP contribution in [0.15, 0.2) is 0 Å². The molecule has 4 nitrogen and oxygen atoms in total. The standard InChI is InChI=1S/C14H27N3O.ClH/c1-11-4-7-16(8-5-11)13(18)17-9-6-12(15)14(2,3)10-17;/h11-12H,4-10,15H2,1-3H3;1H. The predicted octanol–water partition coefficient (Wildman–Crippen LogP) is 2.32. The van der Waals surface area contributed by atoms with Crippen molar-refractivity contribution in [1.82, 2.24) is 9.80 Å². The molecule has 0 aromatic carbocycles. The normalized spacial score (nSPS) is 27.9. The molecule has 2 rings (SSSR count). The molecule has 0 saturated carbocycles. The third-order valence-electron chi connectivity index (χ3n) is 4.64. The maximum absolute atomic E-state index is 12.5. The van der Waals surface area contributed by atoms with Gasteiger partial charge in [-0.2, -0.15) is 0 Å². The summed E-state index contributed by atoms with van der Waals surface area (Å²) in [6.45, 7) is 10.0. The minimum atomic E-state index is 0. The highest BCUT2D eigenvalue weighted by Gasteiger charge is 2.37. The van der Waals surface area contributed by atoms with Gasteiger partial charge in [0.1, 0.15) is 0 Å². The molecule has 0 aromatic heterocycles. The van der Waals surface area contributed by atoms with E-state index in [0.717, 1.165) is 51.4 Å². The highest BCUT2D eigenvalue weighted by atomic mass is 35.5. The number of nitrogens with zero attached hydrogens (tertiary/aromatic N) is 2. The van der Waals surface area contributed by atoms with Crippen LogP contribution in [0.3, 0.4) is 0 Å². The molecule has 0 bridgehead atoms. The first-order valence-corrected chi connectivity index (χ1v) is 7.19. The number of halogens is 1. The molecule has 2 heterocycles. The van der Waals surface area contributed by atoms with Crippen LogP contribution < -0.4 is 5.73 Å². The minimum absolute atomic E-state index is 0. The molecule has 2 N–H and O–H groups in total. The Morgan fingerprint density at radius 3 is 2.16 bits per heavy atom. The fourth-order valence-corrected chi connectivity index (χ4v) is 2.94. The first-order valence-electron chi connectivity index (χ1n) is 7.19. The number of hydrogen-bond acceptors (Lipinski definition) is 2. The van der Waals surface area contributed by atoms with Crippen molar-refractivity contribution in [3.05, 3.63) is 0 Å². The zero-order valence-corrected chi connectivity index (χ0v) is 13.2. The molecule has 0 spiro atoms. The Bertz CT molecular complexity index is 314. The van der Waals surface area contributed by atoms with Gasteiger partial charge in [0.2, 0.25) is 0 Å². The summed E-state index contributed by atoms with van der Waals surface area (Å²) >= 11 is 0. The number of piperidine rings is 2. The number of nitrogens with two attached hydrogens (primary N) is 1. The SMILES string of the molecule is CC1CCN(C(=O)N2CCC(N)C(C)(C)C2)CC1.Cl. The van der Waals surface area contributed by atoms with Crippen LogP contribution in [0.5, 0.6) is 0 Å². The third-order valence-corrected chi connectivity index (χ3v) is 4.64. The number of carbonyl (C=O) groups excluding carboxylic acids is 1. The van der Waals surface area contributed by atoms with E-state index in [4.69, 9.17) is 5.73 Å². The first-order chi connectivity index (χ1) is 8.40. The monoisotopic (exact) mass is 289 g/mol. The van der Waals surface area contributed by atoms with Crippen molar-refractivity contribution in [1.29, 1.82) is 0 Å². The van der Waals surface area contributed by atoms with E-state index in [9.17, 15) is 4.79 Å². The molecule has 0 aromatic rings. The number of urea groups is 1. The Morgan fingerprint density at radius 2 is 1.63 bits per heavy atom. The van der Waals surface area contributed by atoms with E-state index in [2.05, 4.69) is 20.8 Å². The first kappa shape index (κ1) is 16.6. The molecule has 2 amide bonds. The van der Waals surface area contributed by atoms with Gasteiger partial charge in [-0.15, -0.1) is 12.4 Å². The molecule has 19 heavy (non-hydrogen) atoms. The molecular weight excluding hydrogens is 262 g/mol. The molecule has 112 valence electrons. The lowest BCUT2D eigenvalue weighted by Crippen LogP contribution is -2.57. The van der Waals surface area contributed by atoms with Gasteiger partial charge >= 0.3 is 6.03 Å². The predicted molar refractivity (Wildman–Crippen MR) is 80.6 cm³/mol. The minimum Gasteiger partial charge on any atom is -0.327 e. The van der Waals surface area contributed by atoms with Crippen molar-refractivity contribution in [2.45, 2.75) is 46.1 Å². The maximum Gasteiger partial charge on any atom is 0.320 e. The van der Waals surface area contributed by atoms with Gasteiger partial charge in [-0.05, 0) is 30.6 Å². The van der Waals surface area contributed by atoms with E-state index < -0.39 is 0 Å². The molecule has 0 radical (unpaired) electrons. The van der Waals surface area contributed by atoms with Gasteiger partial charge in [-0.25, -0.2) is 4.79 Å². The molecule has 0 aliphatic carbocycles. The summed E-state index contributed by atoms with van der Waals surface area (Å²) in [6, 6.07) is 0.435. The van der Waals surface area contributed by atoms with Crippen molar-refractivity contribution >= 4 is 18.4 Å². The zero-order valence-electron chi connectivity index (χ0n) is 12.4. The maximum atomic E-state index is 12.5. The van der Waals surface area contributed by atoms with Gasteiger partial charge in [0, 0.05) is 32.2 Å². The average Bonchev–Trinajstić information content (AvgIpc) is 2.33.